The molecule has 0 radical (unpaired) electrons. The van der Waals surface area contributed by atoms with Gasteiger partial charge in [-0.05, 0) is 31.2 Å². The lowest BCUT2D eigenvalue weighted by Gasteiger charge is -2.04. The minimum atomic E-state index is -0.154. The summed E-state index contributed by atoms with van der Waals surface area (Å²) < 4.78 is 0. The number of aromatic amines is 1. The molecule has 0 aliphatic rings. The summed E-state index contributed by atoms with van der Waals surface area (Å²) in [7, 11) is 0. The van der Waals surface area contributed by atoms with E-state index in [1.165, 1.54) is 0 Å². The molecule has 2 rings (SSSR count). The van der Waals surface area contributed by atoms with Gasteiger partial charge in [0.1, 0.15) is 5.69 Å². The minimum Gasteiger partial charge on any atom is -0.312 e. The van der Waals surface area contributed by atoms with Crippen LogP contribution < -0.4 is 10.9 Å². The summed E-state index contributed by atoms with van der Waals surface area (Å²) >= 11 is 0. The second kappa shape index (κ2) is 6.07. The molecule has 0 aliphatic carbocycles. The number of hydrogen-bond donors (Lipinski definition) is 2. The summed E-state index contributed by atoms with van der Waals surface area (Å²) in [6.45, 7) is 3.52. The first-order chi connectivity index (χ1) is 8.81. The van der Waals surface area contributed by atoms with E-state index in [9.17, 15) is 4.79 Å². The molecular weight excluding hydrogens is 228 g/mol. The lowest BCUT2D eigenvalue weighted by molar-refractivity contribution is 0.668. The van der Waals surface area contributed by atoms with E-state index in [1.54, 1.807) is 12.3 Å². The van der Waals surface area contributed by atoms with Gasteiger partial charge in [0.25, 0.3) is 5.56 Å². The summed E-state index contributed by atoms with van der Waals surface area (Å²) in [6.07, 6.45) is 2.74. The summed E-state index contributed by atoms with van der Waals surface area (Å²) in [4.78, 5) is 15.8. The molecule has 0 atom stereocenters. The molecule has 5 nitrogen and oxygen atoms in total. The van der Waals surface area contributed by atoms with Crippen molar-refractivity contribution in [3.05, 3.63) is 46.4 Å². The standard InChI is InChI=1S/C13H16N4O/c1-2-6-14-9-10-8-12(16-17-13(10)18)11-5-3-4-7-15-11/h3-5,7-8,14H,2,6,9H2,1H3,(H,17,18). The summed E-state index contributed by atoms with van der Waals surface area (Å²) in [6, 6.07) is 7.39. The van der Waals surface area contributed by atoms with Crippen LogP contribution >= 0.6 is 0 Å². The van der Waals surface area contributed by atoms with Crippen molar-refractivity contribution in [2.45, 2.75) is 19.9 Å². The molecule has 0 bridgehead atoms. The zero-order valence-corrected chi connectivity index (χ0v) is 10.3. The predicted octanol–water partition coefficient (Wildman–Crippen LogP) is 1.33. The van der Waals surface area contributed by atoms with Gasteiger partial charge in [-0.15, -0.1) is 0 Å². The Morgan fingerprint density at radius 1 is 1.33 bits per heavy atom. The molecule has 0 aliphatic heterocycles. The van der Waals surface area contributed by atoms with Gasteiger partial charge in [0.05, 0.1) is 5.69 Å². The fraction of sp³-hybridized carbons (Fsp3) is 0.308. The van der Waals surface area contributed by atoms with Crippen LogP contribution in [0.4, 0.5) is 0 Å². The first-order valence-electron chi connectivity index (χ1n) is 6.02. The highest BCUT2D eigenvalue weighted by molar-refractivity contribution is 5.53. The fourth-order valence-electron chi connectivity index (χ4n) is 1.62. The molecule has 0 unspecified atom stereocenters. The molecule has 5 heteroatoms. The largest absolute Gasteiger partial charge is 0.312 e. The normalized spacial score (nSPS) is 10.5. The molecule has 0 amide bonds. The highest BCUT2D eigenvalue weighted by Gasteiger charge is 2.05. The van der Waals surface area contributed by atoms with Crippen molar-refractivity contribution in [3.63, 3.8) is 0 Å². The highest BCUT2D eigenvalue weighted by atomic mass is 16.1. The zero-order valence-electron chi connectivity index (χ0n) is 10.3. The Morgan fingerprint density at radius 2 is 2.22 bits per heavy atom. The Balaban J connectivity index is 2.24. The van der Waals surface area contributed by atoms with E-state index >= 15 is 0 Å². The van der Waals surface area contributed by atoms with Gasteiger partial charge < -0.3 is 5.32 Å². The van der Waals surface area contributed by atoms with Crippen molar-refractivity contribution in [2.75, 3.05) is 6.54 Å². The van der Waals surface area contributed by atoms with Gasteiger partial charge in [0, 0.05) is 18.3 Å². The third kappa shape index (κ3) is 3.01. The topological polar surface area (TPSA) is 70.7 Å². The molecule has 0 saturated carbocycles. The lowest BCUT2D eigenvalue weighted by atomic mass is 10.2. The van der Waals surface area contributed by atoms with Crippen LogP contribution in [0.15, 0.2) is 35.3 Å². The van der Waals surface area contributed by atoms with E-state index in [2.05, 4.69) is 27.4 Å². The highest BCUT2D eigenvalue weighted by Crippen LogP contribution is 2.11. The molecule has 0 spiro atoms. The van der Waals surface area contributed by atoms with E-state index in [0.717, 1.165) is 18.7 Å². The SMILES string of the molecule is CCCNCc1cc(-c2ccccn2)n[nH]c1=O. The third-order valence-electron chi connectivity index (χ3n) is 2.55. The maximum Gasteiger partial charge on any atom is 0.268 e. The van der Waals surface area contributed by atoms with Crippen molar-refractivity contribution in [3.8, 4) is 11.4 Å². The van der Waals surface area contributed by atoms with E-state index in [0.29, 0.717) is 17.8 Å². The van der Waals surface area contributed by atoms with Crippen LogP contribution in [-0.2, 0) is 6.54 Å². The molecule has 0 fully saturated rings. The van der Waals surface area contributed by atoms with E-state index in [-0.39, 0.29) is 5.56 Å². The van der Waals surface area contributed by atoms with Crippen LogP contribution in [0.5, 0.6) is 0 Å². The number of nitrogens with zero attached hydrogens (tertiary/aromatic N) is 2. The van der Waals surface area contributed by atoms with E-state index in [1.807, 2.05) is 18.2 Å². The van der Waals surface area contributed by atoms with Crippen molar-refractivity contribution in [1.82, 2.24) is 20.5 Å². The fourth-order valence-corrected chi connectivity index (χ4v) is 1.62. The van der Waals surface area contributed by atoms with Gasteiger partial charge in [0.2, 0.25) is 0 Å². The zero-order chi connectivity index (χ0) is 12.8. The van der Waals surface area contributed by atoms with E-state index in [4.69, 9.17) is 0 Å². The van der Waals surface area contributed by atoms with Crippen LogP contribution in [0.1, 0.15) is 18.9 Å². The molecular formula is C13H16N4O. The Morgan fingerprint density at radius 3 is 2.94 bits per heavy atom. The summed E-state index contributed by atoms with van der Waals surface area (Å²) in [5.41, 5.74) is 1.96. The van der Waals surface area contributed by atoms with Crippen molar-refractivity contribution >= 4 is 0 Å². The average Bonchev–Trinajstić information content (AvgIpc) is 2.42. The third-order valence-corrected chi connectivity index (χ3v) is 2.55. The molecule has 2 aromatic heterocycles. The monoisotopic (exact) mass is 244 g/mol. The van der Waals surface area contributed by atoms with Crippen LogP contribution in [0.25, 0.3) is 11.4 Å². The number of nitrogens with one attached hydrogen (secondary N) is 2. The Bertz CT molecular complexity index is 550. The van der Waals surface area contributed by atoms with Crippen molar-refractivity contribution in [2.24, 2.45) is 0 Å². The Hall–Kier alpha value is -2.01. The molecule has 2 N–H and O–H groups in total. The van der Waals surface area contributed by atoms with Gasteiger partial charge in [-0.3, -0.25) is 9.78 Å². The van der Waals surface area contributed by atoms with Gasteiger partial charge >= 0.3 is 0 Å². The Kier molecular flexibility index (Phi) is 4.20. The van der Waals surface area contributed by atoms with Gasteiger partial charge in [0.15, 0.2) is 0 Å². The van der Waals surface area contributed by atoms with Crippen LogP contribution in [0.2, 0.25) is 0 Å². The molecule has 18 heavy (non-hydrogen) atoms. The second-order valence-electron chi connectivity index (χ2n) is 4.00. The van der Waals surface area contributed by atoms with E-state index < -0.39 is 0 Å². The smallest absolute Gasteiger partial charge is 0.268 e. The maximum absolute atomic E-state index is 11.6. The van der Waals surface area contributed by atoms with Crippen LogP contribution in [0.3, 0.4) is 0 Å². The number of aromatic nitrogens is 3. The molecule has 2 heterocycles. The van der Waals surface area contributed by atoms with Gasteiger partial charge in [-0.2, -0.15) is 5.10 Å². The minimum absolute atomic E-state index is 0.154. The maximum atomic E-state index is 11.6. The first kappa shape index (κ1) is 12.4. The lowest BCUT2D eigenvalue weighted by Crippen LogP contribution is -2.22. The number of rotatable bonds is 5. The number of pyridine rings is 1. The van der Waals surface area contributed by atoms with Crippen molar-refractivity contribution in [1.29, 1.82) is 0 Å². The molecule has 94 valence electrons. The van der Waals surface area contributed by atoms with Crippen molar-refractivity contribution < 1.29 is 0 Å². The predicted molar refractivity (Wildman–Crippen MR) is 70.1 cm³/mol. The first-order valence-corrected chi connectivity index (χ1v) is 6.02. The second-order valence-corrected chi connectivity index (χ2v) is 4.00. The van der Waals surface area contributed by atoms with Gasteiger partial charge in [-0.25, -0.2) is 5.10 Å². The molecule has 0 saturated heterocycles. The summed E-state index contributed by atoms with van der Waals surface area (Å²) in [5.74, 6) is 0. The average molecular weight is 244 g/mol. The molecule has 0 aromatic carbocycles. The van der Waals surface area contributed by atoms with Crippen LogP contribution in [-0.4, -0.2) is 21.7 Å². The van der Waals surface area contributed by atoms with Gasteiger partial charge in [-0.1, -0.05) is 13.0 Å². The Labute approximate surface area is 105 Å². The number of hydrogen-bond acceptors (Lipinski definition) is 4. The van der Waals surface area contributed by atoms with Crippen LogP contribution in [0, 0.1) is 0 Å². The molecule has 2 aromatic rings. The summed E-state index contributed by atoms with van der Waals surface area (Å²) in [5, 5.41) is 9.72. The quantitative estimate of drug-likeness (QED) is 0.778. The number of H-pyrrole nitrogens is 1.